The molecule has 0 aliphatic rings. The van der Waals surface area contributed by atoms with Crippen molar-refractivity contribution in [2.75, 3.05) is 0 Å². The maximum absolute atomic E-state index is 9.58. The molecule has 0 atom stereocenters. The molecule has 0 saturated heterocycles. The molecule has 0 radical (unpaired) electrons. The van der Waals surface area contributed by atoms with E-state index in [1.165, 1.54) is 5.56 Å². The molecule has 3 nitrogen and oxygen atoms in total. The first-order valence-electron chi connectivity index (χ1n) is 10.9. The van der Waals surface area contributed by atoms with Crippen LogP contribution in [0.25, 0.3) is 0 Å². The van der Waals surface area contributed by atoms with Crippen LogP contribution in [0.4, 0.5) is 0 Å². The third-order valence-corrected chi connectivity index (χ3v) is 5.81. The highest BCUT2D eigenvalue weighted by Gasteiger charge is 2.20. The molecule has 0 aliphatic heterocycles. The molecule has 0 spiro atoms. The van der Waals surface area contributed by atoms with Gasteiger partial charge in [-0.1, -0.05) is 90.1 Å². The van der Waals surface area contributed by atoms with E-state index in [1.54, 1.807) is 42.5 Å². The molecule has 0 saturated carbocycles. The van der Waals surface area contributed by atoms with Crippen molar-refractivity contribution in [3.63, 3.8) is 0 Å². The number of aromatic hydroxyl groups is 3. The number of rotatable bonds is 4. The molecule has 3 aromatic carbocycles. The van der Waals surface area contributed by atoms with Crippen LogP contribution < -0.4 is 0 Å². The summed E-state index contributed by atoms with van der Waals surface area (Å²) >= 11 is 0. The Morgan fingerprint density at radius 1 is 0.548 bits per heavy atom. The highest BCUT2D eigenvalue weighted by atomic mass is 16.3. The van der Waals surface area contributed by atoms with Crippen LogP contribution in [0, 0.1) is 0 Å². The van der Waals surface area contributed by atoms with Gasteiger partial charge in [0.05, 0.1) is 0 Å². The van der Waals surface area contributed by atoms with Gasteiger partial charge in [-0.15, -0.1) is 0 Å². The van der Waals surface area contributed by atoms with Gasteiger partial charge in [0.15, 0.2) is 0 Å². The average Bonchev–Trinajstić information content (AvgIpc) is 2.76. The van der Waals surface area contributed by atoms with Crippen molar-refractivity contribution in [3.05, 3.63) is 90.0 Å². The number of phenols is 3. The van der Waals surface area contributed by atoms with Gasteiger partial charge in [-0.25, -0.2) is 0 Å². The van der Waals surface area contributed by atoms with E-state index in [9.17, 15) is 5.11 Å². The third-order valence-electron chi connectivity index (χ3n) is 5.81. The van der Waals surface area contributed by atoms with Gasteiger partial charge in [0.2, 0.25) is 0 Å². The van der Waals surface area contributed by atoms with E-state index >= 15 is 0 Å². The van der Waals surface area contributed by atoms with Gasteiger partial charge in [0, 0.05) is 0 Å². The van der Waals surface area contributed by atoms with E-state index in [2.05, 4.69) is 41.5 Å². The third kappa shape index (κ3) is 8.75. The molecule has 3 rings (SSSR count). The summed E-state index contributed by atoms with van der Waals surface area (Å²) in [4.78, 5) is 0. The summed E-state index contributed by atoms with van der Waals surface area (Å²) in [5.41, 5.74) is 2.61. The summed E-state index contributed by atoms with van der Waals surface area (Å²) in [6, 6.07) is 23.7. The molecule has 168 valence electrons. The highest BCUT2D eigenvalue weighted by molar-refractivity contribution is 5.37. The minimum absolute atomic E-state index is 0.0747. The van der Waals surface area contributed by atoms with Gasteiger partial charge < -0.3 is 15.3 Å². The van der Waals surface area contributed by atoms with Crippen molar-refractivity contribution < 1.29 is 15.3 Å². The van der Waals surface area contributed by atoms with Gasteiger partial charge in [-0.2, -0.15) is 0 Å². The number of hydrogen-bond acceptors (Lipinski definition) is 3. The van der Waals surface area contributed by atoms with Crippen molar-refractivity contribution in [1.29, 1.82) is 0 Å². The molecule has 3 heteroatoms. The lowest BCUT2D eigenvalue weighted by Gasteiger charge is -2.23. The van der Waals surface area contributed by atoms with E-state index in [-0.39, 0.29) is 10.8 Å². The number of benzene rings is 3. The Hall–Kier alpha value is -2.94. The molecule has 0 aromatic heterocycles. The number of phenolic OH excluding ortho intramolecular Hbond substituents is 3. The molecular formula is C28H38O3. The smallest absolute Gasteiger partial charge is 0.119 e. The molecule has 0 fully saturated rings. The highest BCUT2D eigenvalue weighted by Crippen LogP contribution is 2.32. The van der Waals surface area contributed by atoms with Crippen LogP contribution in [0.15, 0.2) is 78.9 Å². The van der Waals surface area contributed by atoms with Crippen LogP contribution in [0.2, 0.25) is 0 Å². The fourth-order valence-electron chi connectivity index (χ4n) is 2.78. The molecule has 3 N–H and O–H groups in total. The standard InChI is InChI=1S/2C11H16O.C6H6O/c1-4-11(2,3)9-5-7-10(12)8-6-9;1-4-11(2,3)9-7-5-6-8-10(9)12;7-6-4-2-1-3-5-6/h2*5-8,12H,4H2,1-3H3;1-5,7H. The molecule has 3 aromatic rings. The van der Waals surface area contributed by atoms with Crippen molar-refractivity contribution in [1.82, 2.24) is 0 Å². The van der Waals surface area contributed by atoms with Crippen molar-refractivity contribution >= 4 is 0 Å². The molecule has 0 bridgehead atoms. The lowest BCUT2D eigenvalue weighted by atomic mass is 9.82. The first-order valence-corrected chi connectivity index (χ1v) is 10.9. The SMILES string of the molecule is CCC(C)(C)c1ccc(O)cc1.CCC(C)(C)c1ccccc1O.Oc1ccccc1. The Labute approximate surface area is 188 Å². The summed E-state index contributed by atoms with van der Waals surface area (Å²) in [5.74, 6) is 1.07. The maximum atomic E-state index is 9.58. The second-order valence-electron chi connectivity index (χ2n) is 8.87. The zero-order chi connectivity index (χ0) is 23.5. The van der Waals surface area contributed by atoms with Crippen LogP contribution in [-0.2, 0) is 10.8 Å². The van der Waals surface area contributed by atoms with Crippen LogP contribution in [0.1, 0.15) is 65.5 Å². The zero-order valence-electron chi connectivity index (χ0n) is 19.8. The zero-order valence-corrected chi connectivity index (χ0v) is 19.8. The quantitative estimate of drug-likeness (QED) is 0.407. The Morgan fingerprint density at radius 3 is 1.42 bits per heavy atom. The normalized spacial score (nSPS) is 10.9. The number of para-hydroxylation sites is 2. The van der Waals surface area contributed by atoms with E-state index in [0.717, 1.165) is 18.4 Å². The minimum atomic E-state index is 0.0747. The van der Waals surface area contributed by atoms with E-state index in [4.69, 9.17) is 10.2 Å². The predicted octanol–water partition coefficient (Wildman–Crippen LogP) is 7.55. The topological polar surface area (TPSA) is 60.7 Å². The summed E-state index contributed by atoms with van der Waals surface area (Å²) in [7, 11) is 0. The summed E-state index contributed by atoms with van der Waals surface area (Å²) in [6.45, 7) is 13.0. The first kappa shape index (κ1) is 26.1. The lowest BCUT2D eigenvalue weighted by Crippen LogP contribution is -2.15. The fraction of sp³-hybridized carbons (Fsp3) is 0.357. The summed E-state index contributed by atoms with van der Waals surface area (Å²) in [5, 5.41) is 27.3. The van der Waals surface area contributed by atoms with Crippen molar-refractivity contribution in [2.45, 2.75) is 65.2 Å². The maximum Gasteiger partial charge on any atom is 0.119 e. The van der Waals surface area contributed by atoms with Crippen LogP contribution in [0.3, 0.4) is 0 Å². The Morgan fingerprint density at radius 2 is 1.00 bits per heavy atom. The van der Waals surface area contributed by atoms with E-state index < -0.39 is 0 Å². The summed E-state index contributed by atoms with van der Waals surface area (Å²) in [6.07, 6.45) is 2.14. The average molecular weight is 423 g/mol. The summed E-state index contributed by atoms with van der Waals surface area (Å²) < 4.78 is 0. The second kappa shape index (κ2) is 12.0. The largest absolute Gasteiger partial charge is 0.508 e. The van der Waals surface area contributed by atoms with Crippen LogP contribution in [-0.4, -0.2) is 15.3 Å². The first-order chi connectivity index (χ1) is 14.5. The predicted molar refractivity (Wildman–Crippen MR) is 131 cm³/mol. The van der Waals surface area contributed by atoms with E-state index in [0.29, 0.717) is 17.2 Å². The lowest BCUT2D eigenvalue weighted by molar-refractivity contribution is 0.429. The molecule has 0 heterocycles. The molecule has 0 amide bonds. The van der Waals surface area contributed by atoms with Crippen LogP contribution >= 0.6 is 0 Å². The van der Waals surface area contributed by atoms with Gasteiger partial charge in [-0.05, 0) is 65.1 Å². The van der Waals surface area contributed by atoms with Crippen molar-refractivity contribution in [2.24, 2.45) is 0 Å². The van der Waals surface area contributed by atoms with Gasteiger partial charge >= 0.3 is 0 Å². The molecule has 31 heavy (non-hydrogen) atoms. The van der Waals surface area contributed by atoms with Crippen LogP contribution in [0.5, 0.6) is 17.2 Å². The second-order valence-corrected chi connectivity index (χ2v) is 8.87. The monoisotopic (exact) mass is 422 g/mol. The number of hydrogen-bond donors (Lipinski definition) is 3. The van der Waals surface area contributed by atoms with Gasteiger partial charge in [0.25, 0.3) is 0 Å². The Balaban J connectivity index is 0.000000241. The Kier molecular flexibility index (Phi) is 10.1. The molecular weight excluding hydrogens is 384 g/mol. The molecule has 0 aliphatic carbocycles. The molecule has 0 unspecified atom stereocenters. The van der Waals surface area contributed by atoms with E-state index in [1.807, 2.05) is 36.4 Å². The van der Waals surface area contributed by atoms with Gasteiger partial charge in [-0.3, -0.25) is 0 Å². The minimum Gasteiger partial charge on any atom is -0.508 e. The van der Waals surface area contributed by atoms with Crippen molar-refractivity contribution in [3.8, 4) is 17.2 Å². The Bertz CT molecular complexity index is 882. The fourth-order valence-corrected chi connectivity index (χ4v) is 2.78. The van der Waals surface area contributed by atoms with Gasteiger partial charge in [0.1, 0.15) is 17.2 Å².